The van der Waals surface area contributed by atoms with Crippen LogP contribution in [0, 0.1) is 20.8 Å². The Hall–Kier alpha value is -3.85. The molecule has 0 aliphatic rings. The molecule has 3 aromatic rings. The zero-order valence-corrected chi connectivity index (χ0v) is 24.2. The summed E-state index contributed by atoms with van der Waals surface area (Å²) in [6.45, 7) is 7.04. The van der Waals surface area contributed by atoms with Crippen molar-refractivity contribution in [2.45, 2.75) is 51.6 Å². The molecule has 8 nitrogen and oxygen atoms in total. The second kappa shape index (κ2) is 12.8. The number of nitrogens with zero attached hydrogens (tertiary/aromatic N) is 2. The van der Waals surface area contributed by atoms with Crippen LogP contribution in [0.15, 0.2) is 71.6 Å². The predicted molar refractivity (Wildman–Crippen MR) is 153 cm³/mol. The molecule has 0 spiro atoms. The quantitative estimate of drug-likeness (QED) is 0.382. The molecule has 1 N–H and O–H groups in total. The molecule has 0 fully saturated rings. The van der Waals surface area contributed by atoms with Gasteiger partial charge in [0.15, 0.2) is 0 Å². The third kappa shape index (κ3) is 6.97. The number of hydrogen-bond acceptors (Lipinski definition) is 5. The average Bonchev–Trinajstić information content (AvgIpc) is 2.93. The largest absolute Gasteiger partial charge is 0.497 e. The SMILES string of the molecule is CC[C@H](C(=O)NC)N(Cc1ccc(OC)cc1)C(=O)CN(c1cc(C)ccc1C)S(=O)(=O)c1ccc(C)cc1. The van der Waals surface area contributed by atoms with E-state index in [0.717, 1.165) is 21.0 Å². The van der Waals surface area contributed by atoms with Crippen LogP contribution in [0.4, 0.5) is 5.69 Å². The van der Waals surface area contributed by atoms with Gasteiger partial charge in [-0.25, -0.2) is 8.42 Å². The molecule has 1 atom stereocenters. The Labute approximate surface area is 231 Å². The van der Waals surface area contributed by atoms with Crippen LogP contribution < -0.4 is 14.4 Å². The van der Waals surface area contributed by atoms with E-state index in [1.165, 1.54) is 11.9 Å². The molecular formula is C30H37N3O5S. The maximum absolute atomic E-state index is 14.0. The van der Waals surface area contributed by atoms with Crippen LogP contribution in [0.1, 0.15) is 35.6 Å². The smallest absolute Gasteiger partial charge is 0.264 e. The first-order valence-corrected chi connectivity index (χ1v) is 14.3. The zero-order valence-electron chi connectivity index (χ0n) is 23.4. The van der Waals surface area contributed by atoms with Crippen LogP contribution in [-0.4, -0.2) is 51.9 Å². The molecule has 0 unspecified atom stereocenters. The van der Waals surface area contributed by atoms with E-state index in [1.54, 1.807) is 49.6 Å². The monoisotopic (exact) mass is 551 g/mol. The molecular weight excluding hydrogens is 514 g/mol. The topological polar surface area (TPSA) is 96.0 Å². The van der Waals surface area contributed by atoms with E-state index in [2.05, 4.69) is 5.32 Å². The number of carbonyl (C=O) groups is 2. The van der Waals surface area contributed by atoms with Crippen molar-refractivity contribution in [3.05, 3.63) is 89.0 Å². The number of likely N-dealkylation sites (N-methyl/N-ethyl adjacent to an activating group) is 1. The molecule has 208 valence electrons. The van der Waals surface area contributed by atoms with Crippen molar-refractivity contribution in [3.63, 3.8) is 0 Å². The molecule has 0 heterocycles. The fourth-order valence-corrected chi connectivity index (χ4v) is 5.82. The summed E-state index contributed by atoms with van der Waals surface area (Å²) in [5.74, 6) is -0.142. The maximum Gasteiger partial charge on any atom is 0.264 e. The second-order valence-corrected chi connectivity index (χ2v) is 11.4. The average molecular weight is 552 g/mol. The summed E-state index contributed by atoms with van der Waals surface area (Å²) in [6.07, 6.45) is 0.357. The molecule has 39 heavy (non-hydrogen) atoms. The minimum atomic E-state index is -4.11. The van der Waals surface area contributed by atoms with E-state index < -0.39 is 28.5 Å². The van der Waals surface area contributed by atoms with Crippen molar-refractivity contribution in [1.82, 2.24) is 10.2 Å². The lowest BCUT2D eigenvalue weighted by Crippen LogP contribution is -2.51. The van der Waals surface area contributed by atoms with E-state index in [1.807, 2.05) is 52.0 Å². The lowest BCUT2D eigenvalue weighted by atomic mass is 10.1. The second-order valence-electron chi connectivity index (χ2n) is 9.52. The van der Waals surface area contributed by atoms with Gasteiger partial charge >= 0.3 is 0 Å². The molecule has 9 heteroatoms. The molecule has 0 bridgehead atoms. The van der Waals surface area contributed by atoms with Gasteiger partial charge in [-0.05, 0) is 74.2 Å². The molecule has 2 amide bonds. The summed E-state index contributed by atoms with van der Waals surface area (Å²) >= 11 is 0. The first-order valence-electron chi connectivity index (χ1n) is 12.8. The highest BCUT2D eigenvalue weighted by atomic mass is 32.2. The normalized spacial score (nSPS) is 11.9. The maximum atomic E-state index is 14.0. The molecule has 3 rings (SSSR count). The number of methoxy groups -OCH3 is 1. The van der Waals surface area contributed by atoms with Gasteiger partial charge in [-0.1, -0.05) is 48.9 Å². The first kappa shape index (κ1) is 29.7. The van der Waals surface area contributed by atoms with Gasteiger partial charge in [0.05, 0.1) is 17.7 Å². The van der Waals surface area contributed by atoms with Gasteiger partial charge in [0.25, 0.3) is 10.0 Å². The summed E-state index contributed by atoms with van der Waals surface area (Å²) in [4.78, 5) is 28.4. The number of aryl methyl sites for hydroxylation is 3. The Kier molecular flexibility index (Phi) is 9.75. The number of anilines is 1. The van der Waals surface area contributed by atoms with Crippen molar-refractivity contribution in [2.75, 3.05) is 25.0 Å². The van der Waals surface area contributed by atoms with Crippen molar-refractivity contribution in [1.29, 1.82) is 0 Å². The predicted octanol–water partition coefficient (Wildman–Crippen LogP) is 4.37. The Morgan fingerprint density at radius 1 is 0.923 bits per heavy atom. The summed E-state index contributed by atoms with van der Waals surface area (Å²) in [5.41, 5.74) is 3.70. The van der Waals surface area contributed by atoms with Crippen LogP contribution in [0.25, 0.3) is 0 Å². The molecule has 0 aliphatic carbocycles. The molecule has 0 saturated heterocycles. The van der Waals surface area contributed by atoms with Gasteiger partial charge < -0.3 is 15.0 Å². The van der Waals surface area contributed by atoms with Crippen molar-refractivity contribution in [2.24, 2.45) is 0 Å². The van der Waals surface area contributed by atoms with E-state index in [9.17, 15) is 18.0 Å². The Bertz CT molecular complexity index is 1400. The number of nitrogens with one attached hydrogen (secondary N) is 1. The van der Waals surface area contributed by atoms with Crippen molar-refractivity contribution in [3.8, 4) is 5.75 Å². The van der Waals surface area contributed by atoms with Gasteiger partial charge in [-0.15, -0.1) is 0 Å². The van der Waals surface area contributed by atoms with E-state index in [-0.39, 0.29) is 17.3 Å². The van der Waals surface area contributed by atoms with Crippen molar-refractivity contribution >= 4 is 27.5 Å². The van der Waals surface area contributed by atoms with E-state index >= 15 is 0 Å². The van der Waals surface area contributed by atoms with E-state index in [0.29, 0.717) is 23.4 Å². The van der Waals surface area contributed by atoms with Crippen LogP contribution in [0.2, 0.25) is 0 Å². The van der Waals surface area contributed by atoms with Gasteiger partial charge in [0, 0.05) is 13.6 Å². The van der Waals surface area contributed by atoms with Gasteiger partial charge in [0.2, 0.25) is 11.8 Å². The van der Waals surface area contributed by atoms with Crippen LogP contribution in [0.3, 0.4) is 0 Å². The third-order valence-corrected chi connectivity index (χ3v) is 8.44. The Balaban J connectivity index is 2.09. The highest BCUT2D eigenvalue weighted by Gasteiger charge is 2.34. The number of carbonyl (C=O) groups excluding carboxylic acids is 2. The number of ether oxygens (including phenoxy) is 1. The first-order chi connectivity index (χ1) is 18.5. The fourth-order valence-electron chi connectivity index (χ4n) is 4.35. The fraction of sp³-hybridized carbons (Fsp3) is 0.333. The molecule has 0 aromatic heterocycles. The molecule has 0 saturated carbocycles. The molecule has 3 aromatic carbocycles. The number of amides is 2. The van der Waals surface area contributed by atoms with Crippen LogP contribution in [0.5, 0.6) is 5.75 Å². The standard InChI is InChI=1S/C30H37N3O5S/c1-7-27(30(35)31-5)32(19-24-12-14-25(38-6)15-13-24)29(34)20-33(28-18-22(3)8-11-23(28)4)39(36,37)26-16-9-21(2)10-17-26/h8-18,27H,7,19-20H2,1-6H3,(H,31,35)/t27-/m1/s1. The number of benzene rings is 3. The molecule has 0 radical (unpaired) electrons. The third-order valence-electron chi connectivity index (χ3n) is 6.67. The minimum Gasteiger partial charge on any atom is -0.497 e. The lowest BCUT2D eigenvalue weighted by molar-refractivity contribution is -0.140. The number of rotatable bonds is 11. The zero-order chi connectivity index (χ0) is 28.7. The summed E-state index contributed by atoms with van der Waals surface area (Å²) in [6, 6.07) is 18.5. The minimum absolute atomic E-state index is 0.0850. The van der Waals surface area contributed by atoms with Gasteiger partial charge in [-0.3, -0.25) is 13.9 Å². The summed E-state index contributed by atoms with van der Waals surface area (Å²) in [7, 11) is -1.02. The highest BCUT2D eigenvalue weighted by molar-refractivity contribution is 7.92. The van der Waals surface area contributed by atoms with Crippen LogP contribution >= 0.6 is 0 Å². The number of sulfonamides is 1. The van der Waals surface area contributed by atoms with Crippen LogP contribution in [-0.2, 0) is 26.2 Å². The Morgan fingerprint density at radius 3 is 2.10 bits per heavy atom. The number of hydrogen-bond donors (Lipinski definition) is 1. The highest BCUT2D eigenvalue weighted by Crippen LogP contribution is 2.29. The lowest BCUT2D eigenvalue weighted by Gasteiger charge is -2.33. The van der Waals surface area contributed by atoms with Crippen molar-refractivity contribution < 1.29 is 22.7 Å². The molecule has 0 aliphatic heterocycles. The summed E-state index contributed by atoms with van der Waals surface area (Å²) < 4.78 is 34.4. The summed E-state index contributed by atoms with van der Waals surface area (Å²) in [5, 5.41) is 2.63. The van der Waals surface area contributed by atoms with Gasteiger partial charge in [0.1, 0.15) is 18.3 Å². The van der Waals surface area contributed by atoms with Gasteiger partial charge in [-0.2, -0.15) is 0 Å². The van der Waals surface area contributed by atoms with E-state index in [4.69, 9.17) is 4.74 Å². The Morgan fingerprint density at radius 2 is 1.54 bits per heavy atom.